The van der Waals surface area contributed by atoms with Crippen molar-refractivity contribution in [1.82, 2.24) is 25.8 Å². The highest BCUT2D eigenvalue weighted by molar-refractivity contribution is 5.88. The van der Waals surface area contributed by atoms with Gasteiger partial charge in [0, 0.05) is 17.6 Å². The van der Waals surface area contributed by atoms with Crippen LogP contribution in [-0.4, -0.2) is 88.2 Å². The molecule has 9 nitrogen and oxygen atoms in total. The number of benzene rings is 1. The minimum absolute atomic E-state index is 0.0698. The highest BCUT2D eigenvalue weighted by Crippen LogP contribution is 2.18. The van der Waals surface area contributed by atoms with Crippen LogP contribution in [0.1, 0.15) is 80.2 Å². The van der Waals surface area contributed by atoms with Gasteiger partial charge in [0.25, 0.3) is 0 Å². The quantitative estimate of drug-likeness (QED) is 0.314. The number of amides is 4. The summed E-state index contributed by atoms with van der Waals surface area (Å²) in [4.78, 5) is 43.1. The molecule has 4 N–H and O–H groups in total. The zero-order valence-electron chi connectivity index (χ0n) is 25.9. The Kier molecular flexibility index (Phi) is 12.4. The summed E-state index contributed by atoms with van der Waals surface area (Å²) >= 11 is 0. The van der Waals surface area contributed by atoms with Gasteiger partial charge in [-0.2, -0.15) is 0 Å². The lowest BCUT2D eigenvalue weighted by Gasteiger charge is -2.38. The van der Waals surface area contributed by atoms with E-state index in [9.17, 15) is 19.5 Å². The minimum atomic E-state index is -1.02. The Morgan fingerprint density at radius 1 is 1.07 bits per heavy atom. The lowest BCUT2D eigenvalue weighted by molar-refractivity contribution is -0.142. The van der Waals surface area contributed by atoms with Crippen LogP contribution < -0.4 is 16.0 Å². The molecule has 0 unspecified atom stereocenters. The summed E-state index contributed by atoms with van der Waals surface area (Å²) in [7, 11) is 0. The number of hydrogen-bond acceptors (Lipinski definition) is 5. The Bertz CT molecular complexity index is 949. The molecule has 9 heteroatoms. The smallest absolute Gasteiger partial charge is 0.317 e. The summed E-state index contributed by atoms with van der Waals surface area (Å²) in [6, 6.07) is 8.47. The first-order chi connectivity index (χ1) is 18.6. The first kappa shape index (κ1) is 33.6. The van der Waals surface area contributed by atoms with E-state index in [1.807, 2.05) is 71.9 Å². The second-order valence-electron chi connectivity index (χ2n) is 13.5. The van der Waals surface area contributed by atoms with E-state index < -0.39 is 23.2 Å². The molecule has 226 valence electrons. The monoisotopic (exact) mass is 559 g/mol. The number of carbonyl (C=O) groups is 3. The topological polar surface area (TPSA) is 114 Å². The fourth-order valence-corrected chi connectivity index (χ4v) is 4.72. The van der Waals surface area contributed by atoms with Crippen molar-refractivity contribution in [3.63, 3.8) is 0 Å². The van der Waals surface area contributed by atoms with Crippen LogP contribution in [0.2, 0.25) is 0 Å². The number of nitrogens with one attached hydrogen (secondary N) is 3. The van der Waals surface area contributed by atoms with Crippen LogP contribution in [0.5, 0.6) is 0 Å². The average Bonchev–Trinajstić information content (AvgIpc) is 3.38. The molecule has 1 fully saturated rings. The fraction of sp³-hybridized carbons (Fsp3) is 0.710. The van der Waals surface area contributed by atoms with Gasteiger partial charge in [0.2, 0.25) is 11.8 Å². The molecular weight excluding hydrogens is 506 g/mol. The molecule has 0 radical (unpaired) electrons. The molecule has 1 aromatic carbocycles. The largest absolute Gasteiger partial charge is 0.389 e. The van der Waals surface area contributed by atoms with Crippen LogP contribution in [0, 0.1) is 5.92 Å². The molecule has 0 aliphatic carbocycles. The van der Waals surface area contributed by atoms with Crippen LogP contribution >= 0.6 is 0 Å². The molecule has 1 aliphatic rings. The van der Waals surface area contributed by atoms with Gasteiger partial charge in [-0.25, -0.2) is 4.79 Å². The number of carbonyl (C=O) groups excluding carboxylic acids is 3. The number of aliphatic hydroxyl groups excluding tert-OH is 1. The molecule has 2 rings (SSSR count). The maximum atomic E-state index is 13.4. The summed E-state index contributed by atoms with van der Waals surface area (Å²) in [5.74, 6) is -0.0367. The summed E-state index contributed by atoms with van der Waals surface area (Å²) in [6.07, 6.45) is 1.85. The molecule has 1 heterocycles. The maximum Gasteiger partial charge on any atom is 0.317 e. The number of nitrogens with zero attached hydrogens (tertiary/aromatic N) is 2. The van der Waals surface area contributed by atoms with Crippen molar-refractivity contribution < 1.29 is 19.5 Å². The third-order valence-corrected chi connectivity index (χ3v) is 7.00. The summed E-state index contributed by atoms with van der Waals surface area (Å²) < 4.78 is 0. The van der Waals surface area contributed by atoms with Gasteiger partial charge >= 0.3 is 6.03 Å². The van der Waals surface area contributed by atoms with Gasteiger partial charge in [-0.15, -0.1) is 0 Å². The van der Waals surface area contributed by atoms with Crippen LogP contribution in [0.25, 0.3) is 0 Å². The van der Waals surface area contributed by atoms with Crippen molar-refractivity contribution in [3.05, 3.63) is 35.9 Å². The lowest BCUT2D eigenvalue weighted by Crippen LogP contribution is -2.58. The van der Waals surface area contributed by atoms with E-state index in [-0.39, 0.29) is 37.0 Å². The van der Waals surface area contributed by atoms with E-state index in [4.69, 9.17) is 0 Å². The SMILES string of the molecule is CC(C)CCN(C[C@@H](O)[C@H](Cc1ccccc1)NC(=O)CN(C(=O)[C@@H]1CCCN1)C(C)(C)C)C(=O)NC(C)(C)C. The zero-order chi connectivity index (χ0) is 30.1. The molecule has 0 aromatic heterocycles. The number of hydrogen-bond donors (Lipinski definition) is 4. The number of urea groups is 1. The molecule has 1 aliphatic heterocycles. The van der Waals surface area contributed by atoms with Crippen LogP contribution in [0.3, 0.4) is 0 Å². The second kappa shape index (κ2) is 14.8. The van der Waals surface area contributed by atoms with Gasteiger partial charge in [0.05, 0.1) is 24.7 Å². The predicted octanol–water partition coefficient (Wildman–Crippen LogP) is 3.31. The molecule has 0 bridgehead atoms. The Morgan fingerprint density at radius 3 is 2.25 bits per heavy atom. The molecule has 4 amide bonds. The number of aliphatic hydroxyl groups is 1. The van der Waals surface area contributed by atoms with Crippen LogP contribution in [-0.2, 0) is 16.0 Å². The van der Waals surface area contributed by atoms with Gasteiger partial charge in [-0.1, -0.05) is 44.2 Å². The van der Waals surface area contributed by atoms with Gasteiger partial charge in [-0.05, 0) is 85.3 Å². The van der Waals surface area contributed by atoms with Gasteiger partial charge < -0.3 is 30.9 Å². The van der Waals surface area contributed by atoms with Crippen LogP contribution in [0.4, 0.5) is 4.79 Å². The van der Waals surface area contributed by atoms with E-state index in [0.717, 1.165) is 31.4 Å². The van der Waals surface area contributed by atoms with E-state index in [0.29, 0.717) is 18.9 Å². The summed E-state index contributed by atoms with van der Waals surface area (Å²) in [6.45, 7) is 17.0. The Labute approximate surface area is 241 Å². The van der Waals surface area contributed by atoms with Gasteiger partial charge in [-0.3, -0.25) is 9.59 Å². The average molecular weight is 560 g/mol. The minimum Gasteiger partial charge on any atom is -0.389 e. The third-order valence-electron chi connectivity index (χ3n) is 7.00. The van der Waals surface area contributed by atoms with Crippen molar-refractivity contribution in [1.29, 1.82) is 0 Å². The van der Waals surface area contributed by atoms with Crippen molar-refractivity contribution in [2.45, 2.75) is 110 Å². The molecule has 1 saturated heterocycles. The summed E-state index contributed by atoms with van der Waals surface area (Å²) in [5.41, 5.74) is -0.0173. The molecule has 0 spiro atoms. The number of rotatable bonds is 12. The molecule has 3 atom stereocenters. The molecule has 0 saturated carbocycles. The highest BCUT2D eigenvalue weighted by Gasteiger charge is 2.35. The van der Waals surface area contributed by atoms with E-state index in [1.165, 1.54) is 0 Å². The fourth-order valence-electron chi connectivity index (χ4n) is 4.72. The standard InChI is InChI=1S/C31H53N5O4/c1-22(2)16-18-35(29(40)34-30(3,4)5)20-26(37)25(19-23-13-10-9-11-14-23)33-27(38)21-36(31(6,7)8)28(39)24-15-12-17-32-24/h9-11,13-14,22,24-26,32,37H,12,15-21H2,1-8H3,(H,33,38)(H,34,40)/t24-,25-,26+/m0/s1. The first-order valence-corrected chi connectivity index (χ1v) is 14.7. The zero-order valence-corrected chi connectivity index (χ0v) is 25.9. The Balaban J connectivity index is 2.23. The second-order valence-corrected chi connectivity index (χ2v) is 13.5. The van der Waals surface area contributed by atoms with Crippen LogP contribution in [0.15, 0.2) is 30.3 Å². The van der Waals surface area contributed by atoms with Gasteiger partial charge in [0.1, 0.15) is 6.54 Å². The van der Waals surface area contributed by atoms with E-state index in [1.54, 1.807) is 9.80 Å². The molecular formula is C31H53N5O4. The summed E-state index contributed by atoms with van der Waals surface area (Å²) in [5, 5.41) is 20.7. The third kappa shape index (κ3) is 11.5. The van der Waals surface area contributed by atoms with Crippen molar-refractivity contribution in [3.8, 4) is 0 Å². The highest BCUT2D eigenvalue weighted by atomic mass is 16.3. The van der Waals surface area contributed by atoms with Crippen molar-refractivity contribution >= 4 is 17.8 Å². The van der Waals surface area contributed by atoms with Gasteiger partial charge in [0.15, 0.2) is 0 Å². The maximum absolute atomic E-state index is 13.4. The first-order valence-electron chi connectivity index (χ1n) is 14.7. The molecule has 1 aromatic rings. The van der Waals surface area contributed by atoms with E-state index >= 15 is 0 Å². The lowest BCUT2D eigenvalue weighted by atomic mass is 10.00. The van der Waals surface area contributed by atoms with Crippen molar-refractivity contribution in [2.75, 3.05) is 26.2 Å². The van der Waals surface area contributed by atoms with Crippen molar-refractivity contribution in [2.24, 2.45) is 5.92 Å². The normalized spacial score (nSPS) is 17.3. The Hall–Kier alpha value is -2.65. The molecule has 40 heavy (non-hydrogen) atoms. The van der Waals surface area contributed by atoms with E-state index in [2.05, 4.69) is 29.8 Å². The Morgan fingerprint density at radius 2 is 1.73 bits per heavy atom. The predicted molar refractivity (Wildman–Crippen MR) is 160 cm³/mol.